The fourth-order valence-electron chi connectivity index (χ4n) is 1.16. The molecule has 0 spiro atoms. The van der Waals surface area contributed by atoms with Gasteiger partial charge in [0.05, 0.1) is 12.2 Å². The van der Waals surface area contributed by atoms with E-state index in [1.54, 1.807) is 25.2 Å². The van der Waals surface area contributed by atoms with Gasteiger partial charge >= 0.3 is 0 Å². The molecule has 0 aliphatic carbocycles. The zero-order valence-electron chi connectivity index (χ0n) is 8.40. The summed E-state index contributed by atoms with van der Waals surface area (Å²) in [7, 11) is 1.63. The maximum absolute atomic E-state index is 11.8. The number of nitrogens with two attached hydrogens (primary N) is 1. The summed E-state index contributed by atoms with van der Waals surface area (Å²) in [6.45, 7) is 0.252. The van der Waals surface area contributed by atoms with Gasteiger partial charge in [0, 0.05) is 23.8 Å². The normalized spacial score (nSPS) is 10.1. The monoisotopic (exact) mass is 272 g/mol. The third-order valence-corrected chi connectivity index (χ3v) is 2.69. The Hall–Kier alpha value is -1.07. The summed E-state index contributed by atoms with van der Waals surface area (Å²) in [4.78, 5) is 13.3. The lowest BCUT2D eigenvalue weighted by atomic mass is 10.2. The summed E-state index contributed by atoms with van der Waals surface area (Å²) >= 11 is 3.28. The van der Waals surface area contributed by atoms with Gasteiger partial charge < -0.3 is 15.7 Å². The minimum absolute atomic E-state index is 0.0534. The van der Waals surface area contributed by atoms with Crippen molar-refractivity contribution in [1.82, 2.24) is 4.90 Å². The molecule has 0 unspecified atom stereocenters. The molecule has 0 radical (unpaired) electrons. The standard InChI is InChI=1S/C10H13BrN2O2/c1-13(4-5-14)10(15)8-6-7(12)2-3-9(8)11/h2-3,6,14H,4-5,12H2,1H3. The number of hydrogen-bond acceptors (Lipinski definition) is 3. The Morgan fingerprint density at radius 2 is 2.27 bits per heavy atom. The van der Waals surface area contributed by atoms with E-state index < -0.39 is 0 Å². The summed E-state index contributed by atoms with van der Waals surface area (Å²) in [5, 5.41) is 8.73. The Morgan fingerprint density at radius 3 is 2.87 bits per heavy atom. The number of nitrogens with zero attached hydrogens (tertiary/aromatic N) is 1. The molecule has 0 heterocycles. The predicted octanol–water partition coefficient (Wildman–Crippen LogP) is 1.10. The van der Waals surface area contributed by atoms with Gasteiger partial charge in [-0.15, -0.1) is 0 Å². The van der Waals surface area contributed by atoms with Crippen LogP contribution >= 0.6 is 15.9 Å². The maximum Gasteiger partial charge on any atom is 0.254 e. The highest BCUT2D eigenvalue weighted by molar-refractivity contribution is 9.10. The number of halogens is 1. The Balaban J connectivity index is 2.95. The highest BCUT2D eigenvalue weighted by Crippen LogP contribution is 2.20. The molecule has 0 atom stereocenters. The van der Waals surface area contributed by atoms with Crippen LogP contribution in [0.4, 0.5) is 5.69 Å². The minimum Gasteiger partial charge on any atom is -0.399 e. The average Bonchev–Trinajstić information content (AvgIpc) is 2.21. The predicted molar refractivity (Wildman–Crippen MR) is 62.6 cm³/mol. The first kappa shape index (κ1) is 12.0. The van der Waals surface area contributed by atoms with Gasteiger partial charge in [0.2, 0.25) is 0 Å². The minimum atomic E-state index is -0.164. The number of anilines is 1. The topological polar surface area (TPSA) is 66.6 Å². The number of benzene rings is 1. The van der Waals surface area contributed by atoms with E-state index in [-0.39, 0.29) is 12.5 Å². The Kier molecular flexibility index (Phi) is 4.11. The summed E-state index contributed by atoms with van der Waals surface area (Å²) < 4.78 is 0.700. The number of rotatable bonds is 3. The van der Waals surface area contributed by atoms with Crippen molar-refractivity contribution >= 4 is 27.5 Å². The molecule has 15 heavy (non-hydrogen) atoms. The number of amides is 1. The van der Waals surface area contributed by atoms with Crippen LogP contribution in [0.1, 0.15) is 10.4 Å². The summed E-state index contributed by atoms with van der Waals surface area (Å²) in [6, 6.07) is 5.06. The number of carbonyl (C=O) groups excluding carboxylic acids is 1. The Bertz CT molecular complexity index is 368. The molecule has 0 aromatic heterocycles. The molecule has 0 saturated carbocycles. The third kappa shape index (κ3) is 2.94. The van der Waals surface area contributed by atoms with E-state index in [9.17, 15) is 4.79 Å². The molecule has 0 aliphatic rings. The van der Waals surface area contributed by atoms with E-state index in [2.05, 4.69) is 15.9 Å². The van der Waals surface area contributed by atoms with Gasteiger partial charge in [-0.05, 0) is 34.1 Å². The van der Waals surface area contributed by atoms with Gasteiger partial charge in [-0.1, -0.05) is 0 Å². The van der Waals surface area contributed by atoms with Crippen molar-refractivity contribution < 1.29 is 9.90 Å². The smallest absolute Gasteiger partial charge is 0.254 e. The number of hydrogen-bond donors (Lipinski definition) is 2. The van der Waals surface area contributed by atoms with Crippen LogP contribution in [0, 0.1) is 0 Å². The zero-order valence-corrected chi connectivity index (χ0v) is 9.99. The number of carbonyl (C=O) groups is 1. The molecular weight excluding hydrogens is 260 g/mol. The lowest BCUT2D eigenvalue weighted by Gasteiger charge is -2.16. The van der Waals surface area contributed by atoms with E-state index in [0.29, 0.717) is 22.3 Å². The van der Waals surface area contributed by atoms with Crippen molar-refractivity contribution in [2.75, 3.05) is 25.9 Å². The molecule has 0 fully saturated rings. The first-order valence-corrected chi connectivity index (χ1v) is 5.27. The highest BCUT2D eigenvalue weighted by Gasteiger charge is 2.14. The summed E-state index contributed by atoms with van der Waals surface area (Å²) in [5.74, 6) is -0.164. The van der Waals surface area contributed by atoms with Gasteiger partial charge in [0.1, 0.15) is 0 Å². The molecule has 0 bridgehead atoms. The van der Waals surface area contributed by atoms with Crippen LogP contribution in [-0.4, -0.2) is 36.1 Å². The molecule has 5 heteroatoms. The first-order chi connectivity index (χ1) is 7.06. The molecule has 4 nitrogen and oxygen atoms in total. The van der Waals surface area contributed by atoms with E-state index in [0.717, 1.165) is 0 Å². The van der Waals surface area contributed by atoms with Crippen LogP contribution in [0.15, 0.2) is 22.7 Å². The number of nitrogen functional groups attached to an aromatic ring is 1. The van der Waals surface area contributed by atoms with Gasteiger partial charge in [0.15, 0.2) is 0 Å². The van der Waals surface area contributed by atoms with Crippen LogP contribution in [-0.2, 0) is 0 Å². The fourth-order valence-corrected chi connectivity index (χ4v) is 1.58. The number of likely N-dealkylation sites (N-methyl/N-ethyl adjacent to an activating group) is 1. The van der Waals surface area contributed by atoms with Crippen LogP contribution in [0.5, 0.6) is 0 Å². The Labute approximate surface area is 96.8 Å². The van der Waals surface area contributed by atoms with E-state index in [1.807, 2.05) is 0 Å². The number of aliphatic hydroxyl groups is 1. The van der Waals surface area contributed by atoms with Gasteiger partial charge in [-0.25, -0.2) is 0 Å². The molecule has 1 aromatic carbocycles. The number of aliphatic hydroxyl groups excluding tert-OH is 1. The van der Waals surface area contributed by atoms with Gasteiger partial charge in [0.25, 0.3) is 5.91 Å². The van der Waals surface area contributed by atoms with Gasteiger partial charge in [-0.3, -0.25) is 4.79 Å². The van der Waals surface area contributed by atoms with Gasteiger partial charge in [-0.2, -0.15) is 0 Å². The van der Waals surface area contributed by atoms with Crippen molar-refractivity contribution in [1.29, 1.82) is 0 Å². The second kappa shape index (κ2) is 5.14. The lowest BCUT2D eigenvalue weighted by Crippen LogP contribution is -2.29. The molecule has 0 aliphatic heterocycles. The van der Waals surface area contributed by atoms with Crippen molar-refractivity contribution in [3.05, 3.63) is 28.2 Å². The molecule has 1 aromatic rings. The molecule has 1 rings (SSSR count). The van der Waals surface area contributed by atoms with Crippen molar-refractivity contribution in [2.45, 2.75) is 0 Å². The molecule has 1 amide bonds. The molecular formula is C10H13BrN2O2. The summed E-state index contributed by atoms with van der Waals surface area (Å²) in [6.07, 6.45) is 0. The van der Waals surface area contributed by atoms with E-state index >= 15 is 0 Å². The lowest BCUT2D eigenvalue weighted by molar-refractivity contribution is 0.0766. The van der Waals surface area contributed by atoms with Crippen LogP contribution < -0.4 is 5.73 Å². The largest absolute Gasteiger partial charge is 0.399 e. The molecule has 0 saturated heterocycles. The second-order valence-corrected chi connectivity index (χ2v) is 4.04. The van der Waals surface area contributed by atoms with E-state index in [4.69, 9.17) is 10.8 Å². The summed E-state index contributed by atoms with van der Waals surface area (Å²) in [5.41, 5.74) is 6.64. The Morgan fingerprint density at radius 1 is 1.60 bits per heavy atom. The molecule has 3 N–H and O–H groups in total. The first-order valence-electron chi connectivity index (χ1n) is 4.47. The molecule has 82 valence electrons. The highest BCUT2D eigenvalue weighted by atomic mass is 79.9. The van der Waals surface area contributed by atoms with E-state index in [1.165, 1.54) is 4.90 Å². The van der Waals surface area contributed by atoms with Crippen molar-refractivity contribution in [3.63, 3.8) is 0 Å². The van der Waals surface area contributed by atoms with Crippen molar-refractivity contribution in [2.24, 2.45) is 0 Å². The fraction of sp³-hybridized carbons (Fsp3) is 0.300. The SMILES string of the molecule is CN(CCO)C(=O)c1cc(N)ccc1Br. The second-order valence-electron chi connectivity index (χ2n) is 3.19. The quantitative estimate of drug-likeness (QED) is 0.810. The van der Waals surface area contributed by atoms with Crippen molar-refractivity contribution in [3.8, 4) is 0 Å². The van der Waals surface area contributed by atoms with Crippen LogP contribution in [0.3, 0.4) is 0 Å². The van der Waals surface area contributed by atoms with Crippen LogP contribution in [0.2, 0.25) is 0 Å². The van der Waals surface area contributed by atoms with Crippen LogP contribution in [0.25, 0.3) is 0 Å². The maximum atomic E-state index is 11.8. The average molecular weight is 273 g/mol. The third-order valence-electron chi connectivity index (χ3n) is 2.00. The zero-order chi connectivity index (χ0) is 11.4.